The van der Waals surface area contributed by atoms with E-state index >= 15 is 0 Å². The van der Waals surface area contributed by atoms with Gasteiger partial charge in [-0.05, 0) is 56.3 Å². The Morgan fingerprint density at radius 2 is 1.71 bits per heavy atom. The number of likely N-dealkylation sites (tertiary alicyclic amines) is 1. The fraction of sp³-hybridized carbons (Fsp3) is 0.708. The summed E-state index contributed by atoms with van der Waals surface area (Å²) in [4.78, 5) is 19.3. The Kier molecular flexibility index (Phi) is 7.56. The molecular weight excluding hydrogens is 394 g/mol. The standard InChI is InChI=1S/C24H37N3O4/c1-3-25(19(2)16-21-4-5-22-23(17-21)31-15-14-30-22)18-20-6-8-26(9-7-20)24(28)27-10-12-29-13-11-27/h4-5,17,19-20H,3,6-16,18H2,1-2H3. The van der Waals surface area contributed by atoms with Crippen molar-refractivity contribution in [2.75, 3.05) is 65.7 Å². The molecule has 3 heterocycles. The van der Waals surface area contributed by atoms with Gasteiger partial charge in [0.05, 0.1) is 13.2 Å². The highest BCUT2D eigenvalue weighted by atomic mass is 16.6. The maximum Gasteiger partial charge on any atom is 0.320 e. The summed E-state index contributed by atoms with van der Waals surface area (Å²) in [5.74, 6) is 2.38. The van der Waals surface area contributed by atoms with E-state index < -0.39 is 0 Å². The number of nitrogens with zero attached hydrogens (tertiary/aromatic N) is 3. The summed E-state index contributed by atoms with van der Waals surface area (Å²) in [6, 6.07) is 6.98. The fourth-order valence-corrected chi connectivity index (χ4v) is 4.90. The van der Waals surface area contributed by atoms with E-state index in [0.717, 1.165) is 70.0 Å². The average Bonchev–Trinajstić information content (AvgIpc) is 2.83. The smallest absolute Gasteiger partial charge is 0.320 e. The largest absolute Gasteiger partial charge is 0.486 e. The molecule has 1 aromatic carbocycles. The van der Waals surface area contributed by atoms with Crippen LogP contribution in [0.2, 0.25) is 0 Å². The van der Waals surface area contributed by atoms with E-state index in [-0.39, 0.29) is 6.03 Å². The minimum absolute atomic E-state index is 0.195. The van der Waals surface area contributed by atoms with E-state index in [1.54, 1.807) is 0 Å². The van der Waals surface area contributed by atoms with E-state index in [0.29, 0.717) is 38.4 Å². The van der Waals surface area contributed by atoms with Crippen molar-refractivity contribution in [2.24, 2.45) is 5.92 Å². The van der Waals surface area contributed by atoms with Crippen molar-refractivity contribution in [2.45, 2.75) is 39.2 Å². The molecule has 7 nitrogen and oxygen atoms in total. The van der Waals surface area contributed by atoms with Crippen LogP contribution in [0.4, 0.5) is 4.79 Å². The maximum atomic E-state index is 12.7. The highest BCUT2D eigenvalue weighted by Crippen LogP contribution is 2.31. The molecule has 0 spiro atoms. The van der Waals surface area contributed by atoms with Crippen LogP contribution in [0.15, 0.2) is 18.2 Å². The van der Waals surface area contributed by atoms with Crippen LogP contribution >= 0.6 is 0 Å². The molecule has 0 aliphatic carbocycles. The zero-order valence-electron chi connectivity index (χ0n) is 19.1. The molecular formula is C24H37N3O4. The number of carbonyl (C=O) groups is 1. The van der Waals surface area contributed by atoms with Crippen molar-refractivity contribution in [3.8, 4) is 11.5 Å². The molecule has 1 atom stereocenters. The quantitative estimate of drug-likeness (QED) is 0.693. The third kappa shape index (κ3) is 5.63. The van der Waals surface area contributed by atoms with Crippen molar-refractivity contribution < 1.29 is 19.0 Å². The lowest BCUT2D eigenvalue weighted by Gasteiger charge is -2.39. The van der Waals surface area contributed by atoms with Gasteiger partial charge in [0.15, 0.2) is 11.5 Å². The van der Waals surface area contributed by atoms with E-state index in [1.807, 2.05) is 15.9 Å². The number of fused-ring (bicyclic) bond motifs is 1. The van der Waals surface area contributed by atoms with E-state index in [1.165, 1.54) is 5.56 Å². The SMILES string of the molecule is CCN(CC1CCN(C(=O)N2CCOCC2)CC1)C(C)Cc1ccc2c(c1)OCCO2. The molecule has 3 aliphatic rings. The van der Waals surface area contributed by atoms with Gasteiger partial charge in [-0.1, -0.05) is 13.0 Å². The molecule has 7 heteroatoms. The maximum absolute atomic E-state index is 12.7. The molecule has 2 amide bonds. The van der Waals surface area contributed by atoms with Crippen LogP contribution in [-0.2, 0) is 11.2 Å². The van der Waals surface area contributed by atoms with Gasteiger partial charge in [-0.3, -0.25) is 0 Å². The lowest BCUT2D eigenvalue weighted by Crippen LogP contribution is -2.51. The summed E-state index contributed by atoms with van der Waals surface area (Å²) in [5.41, 5.74) is 1.29. The summed E-state index contributed by atoms with van der Waals surface area (Å²) < 4.78 is 16.8. The normalized spacial score (nSPS) is 20.7. The van der Waals surface area contributed by atoms with E-state index in [4.69, 9.17) is 14.2 Å². The van der Waals surface area contributed by atoms with Crippen LogP contribution in [0.5, 0.6) is 11.5 Å². The second kappa shape index (κ2) is 10.6. The number of likely N-dealkylation sites (N-methyl/N-ethyl adjacent to an activating group) is 1. The predicted octanol–water partition coefficient (Wildman–Crippen LogP) is 2.87. The first-order valence-corrected chi connectivity index (χ1v) is 11.9. The zero-order chi connectivity index (χ0) is 21.6. The third-order valence-corrected chi connectivity index (χ3v) is 6.83. The lowest BCUT2D eigenvalue weighted by atomic mass is 9.95. The monoisotopic (exact) mass is 431 g/mol. The zero-order valence-corrected chi connectivity index (χ0v) is 19.1. The molecule has 4 rings (SSSR count). The highest BCUT2D eigenvalue weighted by Gasteiger charge is 2.28. The average molecular weight is 432 g/mol. The summed E-state index contributed by atoms with van der Waals surface area (Å²) >= 11 is 0. The number of hydrogen-bond donors (Lipinski definition) is 0. The van der Waals surface area contributed by atoms with Gasteiger partial charge in [0.25, 0.3) is 0 Å². The molecule has 31 heavy (non-hydrogen) atoms. The molecule has 1 aromatic rings. The number of piperidine rings is 1. The minimum atomic E-state index is 0.195. The molecule has 0 bridgehead atoms. The molecule has 3 aliphatic heterocycles. The molecule has 0 N–H and O–H groups in total. The second-order valence-electron chi connectivity index (χ2n) is 8.93. The van der Waals surface area contributed by atoms with Crippen molar-refractivity contribution in [1.29, 1.82) is 0 Å². The van der Waals surface area contributed by atoms with Gasteiger partial charge in [0, 0.05) is 38.8 Å². The molecule has 0 aromatic heterocycles. The van der Waals surface area contributed by atoms with Gasteiger partial charge in [-0.15, -0.1) is 0 Å². The number of ether oxygens (including phenoxy) is 3. The number of carbonyl (C=O) groups excluding carboxylic acids is 1. The molecule has 2 saturated heterocycles. The van der Waals surface area contributed by atoms with Gasteiger partial charge >= 0.3 is 6.03 Å². The van der Waals surface area contributed by atoms with Gasteiger partial charge in [-0.2, -0.15) is 0 Å². The molecule has 1 unspecified atom stereocenters. The van der Waals surface area contributed by atoms with Crippen LogP contribution in [0.3, 0.4) is 0 Å². The Balaban J connectivity index is 1.25. The molecule has 172 valence electrons. The van der Waals surface area contributed by atoms with Gasteiger partial charge < -0.3 is 28.9 Å². The number of urea groups is 1. The molecule has 0 radical (unpaired) electrons. The Morgan fingerprint density at radius 3 is 2.42 bits per heavy atom. The lowest BCUT2D eigenvalue weighted by molar-refractivity contribution is 0.0387. The van der Waals surface area contributed by atoms with E-state index in [2.05, 4.69) is 30.9 Å². The topological polar surface area (TPSA) is 54.5 Å². The minimum Gasteiger partial charge on any atom is -0.486 e. The van der Waals surface area contributed by atoms with Crippen molar-refractivity contribution in [1.82, 2.24) is 14.7 Å². The van der Waals surface area contributed by atoms with Crippen LogP contribution in [0, 0.1) is 5.92 Å². The predicted molar refractivity (Wildman–Crippen MR) is 120 cm³/mol. The number of hydrogen-bond acceptors (Lipinski definition) is 5. The number of morpholine rings is 1. The van der Waals surface area contributed by atoms with E-state index in [9.17, 15) is 4.79 Å². The summed E-state index contributed by atoms with van der Waals surface area (Å²) in [6.07, 6.45) is 3.17. The van der Waals surface area contributed by atoms with Crippen LogP contribution in [0.1, 0.15) is 32.3 Å². The fourth-order valence-electron chi connectivity index (χ4n) is 4.90. The summed E-state index contributed by atoms with van der Waals surface area (Å²) in [5, 5.41) is 0. The Labute approximate surface area is 186 Å². The van der Waals surface area contributed by atoms with Gasteiger partial charge in [0.2, 0.25) is 0 Å². The van der Waals surface area contributed by atoms with Crippen molar-refractivity contribution >= 4 is 6.03 Å². The number of benzene rings is 1. The molecule has 0 saturated carbocycles. The van der Waals surface area contributed by atoms with Crippen LogP contribution < -0.4 is 9.47 Å². The van der Waals surface area contributed by atoms with Crippen LogP contribution in [0.25, 0.3) is 0 Å². The first-order valence-electron chi connectivity index (χ1n) is 11.9. The Hall–Kier alpha value is -1.99. The second-order valence-corrected chi connectivity index (χ2v) is 8.93. The third-order valence-electron chi connectivity index (χ3n) is 6.83. The first-order chi connectivity index (χ1) is 15.1. The van der Waals surface area contributed by atoms with Gasteiger partial charge in [-0.25, -0.2) is 4.79 Å². The summed E-state index contributed by atoms with van der Waals surface area (Å²) in [6.45, 7) is 12.5. The number of amides is 2. The highest BCUT2D eigenvalue weighted by molar-refractivity contribution is 5.74. The Morgan fingerprint density at radius 1 is 1.03 bits per heavy atom. The number of rotatable bonds is 6. The first kappa shape index (κ1) is 22.2. The van der Waals surface area contributed by atoms with Crippen LogP contribution in [-0.4, -0.2) is 92.5 Å². The molecule has 2 fully saturated rings. The van der Waals surface area contributed by atoms with Gasteiger partial charge in [0.1, 0.15) is 13.2 Å². The summed E-state index contributed by atoms with van der Waals surface area (Å²) in [7, 11) is 0. The van der Waals surface area contributed by atoms with Crippen molar-refractivity contribution in [3.63, 3.8) is 0 Å². The Bertz CT molecular complexity index is 730. The van der Waals surface area contributed by atoms with Crippen molar-refractivity contribution in [3.05, 3.63) is 23.8 Å².